The van der Waals surface area contributed by atoms with Crippen molar-refractivity contribution in [1.82, 2.24) is 4.40 Å². The van der Waals surface area contributed by atoms with Crippen LogP contribution in [0.15, 0.2) is 52.9 Å². The molecule has 0 saturated heterocycles. The van der Waals surface area contributed by atoms with Crippen LogP contribution in [0.3, 0.4) is 0 Å². The zero-order chi connectivity index (χ0) is 11.4. The van der Waals surface area contributed by atoms with E-state index >= 15 is 0 Å². The molecule has 2 heterocycles. The standard InChI is InChI=1S/C15H11NO/c1-10-6-7-11-9-15-16(13(11)8-10)12-4-2-3-5-14(12)17-15/h2-9H,1H3. The summed E-state index contributed by atoms with van der Waals surface area (Å²) in [6.45, 7) is 2.11. The molecule has 0 N–H and O–H groups in total. The van der Waals surface area contributed by atoms with Gasteiger partial charge in [0.15, 0.2) is 5.58 Å². The second-order valence-corrected chi connectivity index (χ2v) is 4.45. The van der Waals surface area contributed by atoms with Crippen LogP contribution in [-0.4, -0.2) is 4.40 Å². The zero-order valence-electron chi connectivity index (χ0n) is 9.47. The zero-order valence-corrected chi connectivity index (χ0v) is 9.47. The molecule has 0 amide bonds. The summed E-state index contributed by atoms with van der Waals surface area (Å²) in [6.07, 6.45) is 0. The smallest absolute Gasteiger partial charge is 0.205 e. The SMILES string of the molecule is Cc1ccc2cc3oc4ccccc4n3c2c1. The van der Waals surface area contributed by atoms with Gasteiger partial charge in [-0.05, 0) is 30.7 Å². The van der Waals surface area contributed by atoms with Gasteiger partial charge in [0.25, 0.3) is 0 Å². The van der Waals surface area contributed by atoms with Crippen molar-refractivity contribution in [1.29, 1.82) is 0 Å². The first-order valence-corrected chi connectivity index (χ1v) is 5.72. The van der Waals surface area contributed by atoms with E-state index in [4.69, 9.17) is 4.42 Å². The molecule has 17 heavy (non-hydrogen) atoms. The molecule has 0 atom stereocenters. The second-order valence-electron chi connectivity index (χ2n) is 4.45. The van der Waals surface area contributed by atoms with Crippen LogP contribution in [0.2, 0.25) is 0 Å². The van der Waals surface area contributed by atoms with E-state index in [-0.39, 0.29) is 0 Å². The van der Waals surface area contributed by atoms with E-state index < -0.39 is 0 Å². The molecule has 2 aromatic heterocycles. The van der Waals surface area contributed by atoms with Gasteiger partial charge in [-0.15, -0.1) is 0 Å². The molecule has 0 bridgehead atoms. The number of benzene rings is 2. The summed E-state index contributed by atoms with van der Waals surface area (Å²) >= 11 is 0. The number of aryl methyl sites for hydroxylation is 1. The molecule has 2 aromatic carbocycles. The highest BCUT2D eigenvalue weighted by molar-refractivity contribution is 5.92. The summed E-state index contributed by atoms with van der Waals surface area (Å²) in [5.74, 6) is 0. The van der Waals surface area contributed by atoms with Gasteiger partial charge in [-0.2, -0.15) is 0 Å². The van der Waals surface area contributed by atoms with Gasteiger partial charge in [0.1, 0.15) is 0 Å². The Bertz CT molecular complexity index is 851. The normalized spacial score (nSPS) is 11.8. The Morgan fingerprint density at radius 1 is 0.941 bits per heavy atom. The van der Waals surface area contributed by atoms with Gasteiger partial charge in [0.05, 0.1) is 11.0 Å². The highest BCUT2D eigenvalue weighted by Crippen LogP contribution is 2.28. The Morgan fingerprint density at radius 2 is 1.82 bits per heavy atom. The highest BCUT2D eigenvalue weighted by Gasteiger charge is 2.10. The number of nitrogens with zero attached hydrogens (tertiary/aromatic N) is 1. The maximum absolute atomic E-state index is 5.84. The van der Waals surface area contributed by atoms with Crippen molar-refractivity contribution in [3.05, 3.63) is 54.1 Å². The quantitative estimate of drug-likeness (QED) is 0.436. The number of para-hydroxylation sites is 2. The third-order valence-electron chi connectivity index (χ3n) is 3.25. The number of hydrogen-bond acceptors (Lipinski definition) is 1. The lowest BCUT2D eigenvalue weighted by Gasteiger charge is -1.95. The molecule has 0 aliphatic heterocycles. The minimum Gasteiger partial charge on any atom is -0.438 e. The molecule has 0 unspecified atom stereocenters. The first-order chi connectivity index (χ1) is 8.33. The van der Waals surface area contributed by atoms with Crippen molar-refractivity contribution in [2.75, 3.05) is 0 Å². The van der Waals surface area contributed by atoms with Crippen molar-refractivity contribution in [2.24, 2.45) is 0 Å². The monoisotopic (exact) mass is 221 g/mol. The van der Waals surface area contributed by atoms with Gasteiger partial charge in [0.2, 0.25) is 5.71 Å². The first-order valence-electron chi connectivity index (χ1n) is 5.72. The Hall–Kier alpha value is -2.22. The second kappa shape index (κ2) is 2.92. The summed E-state index contributed by atoms with van der Waals surface area (Å²) < 4.78 is 8.02. The minimum atomic E-state index is 0.909. The lowest BCUT2D eigenvalue weighted by atomic mass is 10.2. The van der Waals surface area contributed by atoms with E-state index in [0.717, 1.165) is 16.8 Å². The van der Waals surface area contributed by atoms with Crippen LogP contribution in [-0.2, 0) is 0 Å². The molecule has 0 radical (unpaired) electrons. The Kier molecular flexibility index (Phi) is 1.52. The van der Waals surface area contributed by atoms with Crippen molar-refractivity contribution in [2.45, 2.75) is 6.92 Å². The summed E-state index contributed by atoms with van der Waals surface area (Å²) in [5.41, 5.74) is 5.45. The van der Waals surface area contributed by atoms with Crippen LogP contribution in [0.25, 0.3) is 27.7 Å². The molecule has 0 saturated carbocycles. The number of hydrogen-bond donors (Lipinski definition) is 0. The molecule has 0 aliphatic carbocycles. The molecule has 0 spiro atoms. The van der Waals surface area contributed by atoms with Crippen LogP contribution in [0.1, 0.15) is 5.56 Å². The average molecular weight is 221 g/mol. The van der Waals surface area contributed by atoms with Crippen molar-refractivity contribution in [3.63, 3.8) is 0 Å². The molecule has 2 heteroatoms. The Balaban J connectivity index is 2.33. The molecule has 4 aromatic rings. The fourth-order valence-corrected chi connectivity index (χ4v) is 2.45. The van der Waals surface area contributed by atoms with E-state index in [9.17, 15) is 0 Å². The van der Waals surface area contributed by atoms with Crippen LogP contribution in [0, 0.1) is 6.92 Å². The summed E-state index contributed by atoms with van der Waals surface area (Å²) in [7, 11) is 0. The third kappa shape index (κ3) is 1.10. The highest BCUT2D eigenvalue weighted by atomic mass is 16.3. The summed E-state index contributed by atoms with van der Waals surface area (Å²) in [6, 6.07) is 16.7. The Labute approximate surface area is 98.1 Å². The van der Waals surface area contributed by atoms with E-state index in [0.29, 0.717) is 0 Å². The van der Waals surface area contributed by atoms with E-state index in [2.05, 4.69) is 41.7 Å². The molecule has 82 valence electrons. The van der Waals surface area contributed by atoms with Crippen molar-refractivity contribution < 1.29 is 4.42 Å². The number of oxazole rings is 1. The molecule has 4 rings (SSSR count). The maximum Gasteiger partial charge on any atom is 0.205 e. The molecular formula is C15H11NO. The summed E-state index contributed by atoms with van der Waals surface area (Å²) in [4.78, 5) is 0. The molecule has 0 aliphatic rings. The predicted molar refractivity (Wildman–Crippen MR) is 69.4 cm³/mol. The van der Waals surface area contributed by atoms with Crippen LogP contribution >= 0.6 is 0 Å². The lowest BCUT2D eigenvalue weighted by Crippen LogP contribution is -1.80. The van der Waals surface area contributed by atoms with Gasteiger partial charge < -0.3 is 4.42 Å². The maximum atomic E-state index is 5.84. The van der Waals surface area contributed by atoms with Gasteiger partial charge in [0, 0.05) is 11.5 Å². The largest absolute Gasteiger partial charge is 0.438 e. The average Bonchev–Trinajstić information content (AvgIpc) is 2.84. The fraction of sp³-hybridized carbons (Fsp3) is 0.0667. The van der Waals surface area contributed by atoms with E-state index in [1.807, 2.05) is 18.2 Å². The predicted octanol–water partition coefficient (Wildman–Crippen LogP) is 4.15. The van der Waals surface area contributed by atoms with Crippen LogP contribution < -0.4 is 0 Å². The lowest BCUT2D eigenvalue weighted by molar-refractivity contribution is 0.657. The van der Waals surface area contributed by atoms with E-state index in [1.54, 1.807) is 0 Å². The van der Waals surface area contributed by atoms with Crippen molar-refractivity contribution >= 4 is 27.7 Å². The minimum absolute atomic E-state index is 0.909. The molecular weight excluding hydrogens is 210 g/mol. The van der Waals surface area contributed by atoms with Crippen LogP contribution in [0.5, 0.6) is 0 Å². The van der Waals surface area contributed by atoms with Gasteiger partial charge in [-0.25, -0.2) is 0 Å². The van der Waals surface area contributed by atoms with Crippen LogP contribution in [0.4, 0.5) is 0 Å². The fourth-order valence-electron chi connectivity index (χ4n) is 2.45. The number of aromatic nitrogens is 1. The third-order valence-corrected chi connectivity index (χ3v) is 3.25. The van der Waals surface area contributed by atoms with Gasteiger partial charge >= 0.3 is 0 Å². The first kappa shape index (κ1) is 8.88. The topological polar surface area (TPSA) is 17.6 Å². The number of fused-ring (bicyclic) bond motifs is 5. The summed E-state index contributed by atoms with van der Waals surface area (Å²) in [5, 5.41) is 1.22. The van der Waals surface area contributed by atoms with Crippen molar-refractivity contribution in [3.8, 4) is 0 Å². The van der Waals surface area contributed by atoms with Gasteiger partial charge in [-0.1, -0.05) is 24.3 Å². The van der Waals surface area contributed by atoms with E-state index in [1.165, 1.54) is 16.5 Å². The number of rotatable bonds is 0. The van der Waals surface area contributed by atoms with Gasteiger partial charge in [-0.3, -0.25) is 4.40 Å². The molecule has 0 fully saturated rings. The Morgan fingerprint density at radius 3 is 2.76 bits per heavy atom. The molecule has 2 nitrogen and oxygen atoms in total.